The Balaban J connectivity index is 0.978. The highest BCUT2D eigenvalue weighted by atomic mass is 16.7. The number of benzene rings is 1. The summed E-state index contributed by atoms with van der Waals surface area (Å²) >= 11 is 0. The summed E-state index contributed by atoms with van der Waals surface area (Å²) in [6.45, 7) is 26.5. The van der Waals surface area contributed by atoms with Crippen LogP contribution in [0.2, 0.25) is 0 Å². The summed E-state index contributed by atoms with van der Waals surface area (Å²) in [4.78, 5) is 56.0. The Bertz CT molecular complexity index is 2510. The van der Waals surface area contributed by atoms with Crippen molar-refractivity contribution in [2.75, 3.05) is 0 Å². The maximum Gasteiger partial charge on any atom is 0.317 e. The second kappa shape index (κ2) is 12.4. The number of hydrogen-bond donors (Lipinski definition) is 2. The topological polar surface area (TPSA) is 127 Å². The second-order valence-electron chi connectivity index (χ2n) is 25.7. The van der Waals surface area contributed by atoms with E-state index in [2.05, 4.69) is 74.5 Å². The number of carbonyl (C=O) groups excluding carboxylic acids is 4. The van der Waals surface area contributed by atoms with E-state index in [1.807, 2.05) is 19.9 Å². The van der Waals surface area contributed by atoms with Crippen LogP contribution >= 0.6 is 0 Å². The first-order valence-electron chi connectivity index (χ1n) is 24.9. The van der Waals surface area contributed by atoms with Crippen molar-refractivity contribution in [3.63, 3.8) is 0 Å². The van der Waals surface area contributed by atoms with Crippen molar-refractivity contribution in [3.8, 4) is 11.5 Å². The van der Waals surface area contributed by atoms with Crippen LogP contribution in [0.15, 0.2) is 41.0 Å². The molecule has 9 aliphatic carbocycles. The molecule has 344 valence electrons. The Morgan fingerprint density at radius 1 is 0.703 bits per heavy atom. The summed E-state index contributed by atoms with van der Waals surface area (Å²) in [7, 11) is 0. The Morgan fingerprint density at radius 2 is 1.36 bits per heavy atom. The van der Waals surface area contributed by atoms with Crippen molar-refractivity contribution >= 4 is 23.1 Å². The van der Waals surface area contributed by atoms with Gasteiger partial charge in [-0.2, -0.15) is 0 Å². The molecule has 0 aromatic heterocycles. The lowest BCUT2D eigenvalue weighted by atomic mass is 9.33. The third kappa shape index (κ3) is 4.61. The van der Waals surface area contributed by atoms with Crippen LogP contribution in [0, 0.1) is 74.4 Å². The van der Waals surface area contributed by atoms with Gasteiger partial charge >= 0.3 is 5.79 Å². The average Bonchev–Trinajstić information content (AvgIpc) is 3.23. The molecular weight excluding hydrogens is 801 g/mol. The molecule has 16 atom stereocenters. The Morgan fingerprint density at radius 3 is 2.08 bits per heavy atom. The molecular formula is C56H72O8. The van der Waals surface area contributed by atoms with E-state index in [0.29, 0.717) is 47.2 Å². The number of hydrogen-bond acceptors (Lipinski definition) is 8. The van der Waals surface area contributed by atoms with Gasteiger partial charge in [-0.15, -0.1) is 0 Å². The molecule has 6 saturated carbocycles. The SMILES string of the molecule is Cc1c2c(cc3c1C(=O)C[C@H]1[C@@]3(C)CC[C@@]3(C)[C@@H]4C[C@@H](C)C(=O)[C@@H](O)[C@]4(C)CC[C@]13C)O[C@@]1(O)C(=O)C=C3C(=CC=C4[C@@]3(C)CC[C@@]3(C)[C@@H]5C[C@@H](C)C(=O)C[C@]5(C)CC[C@]43C)[C@@]1(C)O2. The van der Waals surface area contributed by atoms with Crippen LogP contribution in [0.3, 0.4) is 0 Å². The molecule has 0 radical (unpaired) electrons. The van der Waals surface area contributed by atoms with Crippen molar-refractivity contribution in [3.05, 3.63) is 57.7 Å². The average molecular weight is 873 g/mol. The number of carbonyl (C=O) groups is 4. The van der Waals surface area contributed by atoms with E-state index < -0.39 is 39.5 Å². The number of allylic oxidation sites excluding steroid dienone is 3. The molecule has 2 N–H and O–H groups in total. The van der Waals surface area contributed by atoms with Crippen molar-refractivity contribution in [2.45, 2.75) is 183 Å². The van der Waals surface area contributed by atoms with E-state index in [4.69, 9.17) is 9.47 Å². The van der Waals surface area contributed by atoms with Crippen LogP contribution in [0.1, 0.15) is 175 Å². The number of rotatable bonds is 0. The number of aliphatic hydroxyl groups is 2. The second-order valence-corrected chi connectivity index (χ2v) is 25.7. The fourth-order valence-corrected chi connectivity index (χ4v) is 18.6. The monoisotopic (exact) mass is 873 g/mol. The normalized spacial score (nSPS) is 52.1. The van der Waals surface area contributed by atoms with E-state index in [9.17, 15) is 29.4 Å². The fraction of sp³-hybridized carbons (Fsp3) is 0.714. The standard InChI is InChI=1S/C56H72O8/c1-29-23-39-47(4,28-36(29)58)15-19-51(8)38-14-13-32-33(48(38,5)16-20-52(39,51)9)26-42(59)56(62)55(32,12)64-45-31(3)43-34(25-37(45)63-56)49(6)17-21-53(10)40-24-30(2)44(60)46(61)50(40,7)18-22-54(53,11)41(49)27-35(43)57/h13-14,25-26,29-30,39-41,46,61-62H,15-24,27-28H2,1-12H3/t29-,30-,39-,40-,41+,46-,47+,48+,49+,50-,51-,52+,53+,54-,55-,56+/m1/s1. The van der Waals surface area contributed by atoms with Gasteiger partial charge in [-0.05, 0) is 152 Å². The molecule has 0 bridgehead atoms. The lowest BCUT2D eigenvalue weighted by molar-refractivity contribution is -0.231. The molecule has 1 aliphatic heterocycles. The maximum absolute atomic E-state index is 14.9. The Kier molecular flexibility index (Phi) is 8.37. The van der Waals surface area contributed by atoms with Crippen molar-refractivity contribution < 1.29 is 38.9 Å². The van der Waals surface area contributed by atoms with E-state index in [0.717, 1.165) is 80.9 Å². The smallest absolute Gasteiger partial charge is 0.317 e. The van der Waals surface area contributed by atoms with Crippen molar-refractivity contribution in [2.24, 2.45) is 67.5 Å². The molecule has 0 amide bonds. The molecule has 0 saturated heterocycles. The molecule has 11 rings (SSSR count). The van der Waals surface area contributed by atoms with E-state index in [1.54, 1.807) is 13.0 Å². The van der Waals surface area contributed by atoms with Gasteiger partial charge in [0.2, 0.25) is 11.4 Å². The van der Waals surface area contributed by atoms with Gasteiger partial charge in [0, 0.05) is 52.2 Å². The van der Waals surface area contributed by atoms with Gasteiger partial charge < -0.3 is 19.7 Å². The molecule has 1 aromatic rings. The van der Waals surface area contributed by atoms with Crippen LogP contribution in [-0.2, 0) is 19.8 Å². The van der Waals surface area contributed by atoms with Crippen molar-refractivity contribution in [1.29, 1.82) is 0 Å². The van der Waals surface area contributed by atoms with Gasteiger partial charge in [-0.1, -0.05) is 87.0 Å². The lowest BCUT2D eigenvalue weighted by Gasteiger charge is -2.71. The molecule has 0 unspecified atom stereocenters. The van der Waals surface area contributed by atoms with Crippen LogP contribution in [0.4, 0.5) is 0 Å². The van der Waals surface area contributed by atoms with Crippen LogP contribution < -0.4 is 9.47 Å². The van der Waals surface area contributed by atoms with Gasteiger partial charge in [-0.3, -0.25) is 19.2 Å². The molecule has 0 spiro atoms. The molecule has 64 heavy (non-hydrogen) atoms. The molecule has 6 fully saturated rings. The molecule has 1 heterocycles. The highest BCUT2D eigenvalue weighted by Crippen LogP contribution is 2.77. The highest BCUT2D eigenvalue weighted by molar-refractivity contribution is 6.04. The minimum Gasteiger partial charge on any atom is -0.471 e. The summed E-state index contributed by atoms with van der Waals surface area (Å²) in [5, 5.41) is 24.3. The first-order valence-corrected chi connectivity index (χ1v) is 24.9. The molecule has 8 nitrogen and oxygen atoms in total. The first-order chi connectivity index (χ1) is 29.6. The third-order valence-corrected chi connectivity index (χ3v) is 23.2. The van der Waals surface area contributed by atoms with E-state index in [-0.39, 0.29) is 62.3 Å². The summed E-state index contributed by atoms with van der Waals surface area (Å²) in [6, 6.07) is 1.92. The maximum atomic E-state index is 14.9. The van der Waals surface area contributed by atoms with Gasteiger partial charge in [0.05, 0.1) is 0 Å². The number of aliphatic hydroxyl groups excluding tert-OH is 1. The number of fused-ring (bicyclic) bond motifs is 17. The molecule has 1 aromatic carbocycles. The van der Waals surface area contributed by atoms with E-state index in [1.165, 1.54) is 5.57 Å². The fourth-order valence-electron chi connectivity index (χ4n) is 18.6. The summed E-state index contributed by atoms with van der Waals surface area (Å²) in [5.41, 5.74) is 1.56. The zero-order chi connectivity index (χ0) is 46.1. The summed E-state index contributed by atoms with van der Waals surface area (Å²) in [6.07, 6.45) is 14.7. The lowest BCUT2D eigenvalue weighted by Crippen LogP contribution is -2.70. The summed E-state index contributed by atoms with van der Waals surface area (Å²) in [5.74, 6) is -1.34. The van der Waals surface area contributed by atoms with Gasteiger partial charge in [-0.25, -0.2) is 0 Å². The zero-order valence-electron chi connectivity index (χ0n) is 40.6. The zero-order valence-corrected chi connectivity index (χ0v) is 40.6. The quantitative estimate of drug-likeness (QED) is 0.264. The Hall–Kier alpha value is -3.36. The number of Topliss-reactive ketones (excluding diaryl/α,β-unsaturated/α-hetero) is 3. The predicted octanol–water partition coefficient (Wildman–Crippen LogP) is 10.5. The molecule has 8 heteroatoms. The predicted molar refractivity (Wildman–Crippen MR) is 244 cm³/mol. The molecule has 10 aliphatic rings. The Labute approximate surface area is 380 Å². The minimum atomic E-state index is -2.35. The van der Waals surface area contributed by atoms with Crippen LogP contribution in [-0.4, -0.2) is 50.8 Å². The number of ether oxygens (including phenoxy) is 2. The third-order valence-electron chi connectivity index (χ3n) is 23.2. The minimum absolute atomic E-state index is 0.000684. The van der Waals surface area contributed by atoms with Crippen LogP contribution in [0.25, 0.3) is 0 Å². The first kappa shape index (κ1) is 43.2. The van der Waals surface area contributed by atoms with E-state index >= 15 is 0 Å². The number of ketones is 4. The van der Waals surface area contributed by atoms with Gasteiger partial charge in [0.15, 0.2) is 23.1 Å². The summed E-state index contributed by atoms with van der Waals surface area (Å²) < 4.78 is 13.8. The largest absolute Gasteiger partial charge is 0.471 e. The van der Waals surface area contributed by atoms with Crippen LogP contribution in [0.5, 0.6) is 11.5 Å². The van der Waals surface area contributed by atoms with Crippen molar-refractivity contribution in [1.82, 2.24) is 0 Å². The van der Waals surface area contributed by atoms with Gasteiger partial charge in [0.25, 0.3) is 0 Å². The van der Waals surface area contributed by atoms with Gasteiger partial charge in [0.1, 0.15) is 11.9 Å². The highest BCUT2D eigenvalue weighted by Gasteiger charge is 2.73.